The number of aliphatic hydroxyl groups is 6. The molecule has 12 rings (SSSR count). The number of hydrogen-bond donors (Lipinski definition) is 18. The van der Waals surface area contributed by atoms with Crippen LogP contribution in [0.15, 0.2) is 83.9 Å². The summed E-state index contributed by atoms with van der Waals surface area (Å²) in [6.07, 6.45) is -15.1. The highest BCUT2D eigenvalue weighted by Gasteiger charge is 2.52. The van der Waals surface area contributed by atoms with Gasteiger partial charge >= 0.3 is 5.97 Å². The lowest BCUT2D eigenvalue weighted by Gasteiger charge is -2.47. The number of amides is 7. The number of carboxylic acid groups (broad SMARTS) is 1. The predicted octanol–water partition coefficient (Wildman–Crippen LogP) is 2.15. The van der Waals surface area contributed by atoms with E-state index in [2.05, 4.69) is 36.9 Å². The largest absolute Gasteiger partial charge is 0.508 e. The minimum Gasteiger partial charge on any atom is -0.508 e. The number of primary amides is 1. The molecule has 0 aliphatic carbocycles. The smallest absolute Gasteiger partial charge is 0.330 e. The molecular weight excluding hydrogens is 1420 g/mol. The Morgan fingerprint density at radius 1 is 0.743 bits per heavy atom. The Kier molecular flexibility index (Phi) is 24.2. The molecule has 0 spiro atoms. The van der Waals surface area contributed by atoms with Crippen molar-refractivity contribution in [3.8, 4) is 57.1 Å². The van der Waals surface area contributed by atoms with E-state index in [0.717, 1.165) is 79.6 Å². The van der Waals surface area contributed by atoms with E-state index < -0.39 is 237 Å². The third-order valence-electron chi connectivity index (χ3n) is 18.4. The highest BCUT2D eigenvalue weighted by Crippen LogP contribution is 2.50. The van der Waals surface area contributed by atoms with Crippen molar-refractivity contribution < 1.29 is 118 Å². The second kappa shape index (κ2) is 32.5. The van der Waals surface area contributed by atoms with Gasteiger partial charge in [0.25, 0.3) is 0 Å². The van der Waals surface area contributed by atoms with E-state index in [0.29, 0.717) is 6.42 Å². The van der Waals surface area contributed by atoms with E-state index in [-0.39, 0.29) is 46.2 Å². The number of ether oxygens (including phenoxy) is 6. The molecule has 0 radical (unpaired) electrons. The van der Waals surface area contributed by atoms with Crippen molar-refractivity contribution in [2.45, 2.75) is 182 Å². The van der Waals surface area contributed by atoms with E-state index in [4.69, 9.17) is 63.1 Å². The lowest BCUT2D eigenvalue weighted by molar-refractivity contribution is -0.333. The standard InChI is InChI=1S/C70H81Cl2N9O24/c1-6-7-8-15-75-38(16-27(2)3)62(92)80-53-55(87)30-10-13-42(36(71)18-30)101-44-20-32-21-45(59(44)105-69-60(58(90)57(89)46(26-82)103-69)104-48-25-70(5,74)61(91)28(4)100-48)102-43-14-11-31(19-37(43)72)56(88)54-67(97)79-52(68(98)99)35-22-33(83)23-41(85)49(35)34-17-29(9-12-40(34)84)50(64(94)81-54)78-65(95)51(32)77-63(93)39(24-47(73)86)76-66(53)96/h9-15,17-23,27-28,38-39,46,48,50-58,60-61,69,82-85,87-91H,6-8,16,24-26,74H2,1-5H3,(H2,73,86)(H,76,96)(H,77,93)(H,78,95)(H,79,97)(H,80,92)(H,81,94)(H,98,99)/t28-,38+,39-,46+,48-,50+,51-,52-,53+,54-,55+,56+,57+,58-,60+,61+,69-,70-/m0/s1. The molecule has 35 heteroatoms. The molecule has 33 nitrogen and oxygen atoms in total. The fourth-order valence-electron chi connectivity index (χ4n) is 12.8. The number of phenols is 3. The van der Waals surface area contributed by atoms with Gasteiger partial charge in [-0.2, -0.15) is 0 Å². The first kappa shape index (κ1) is 78.1. The minimum atomic E-state index is -2.35. The van der Waals surface area contributed by atoms with E-state index in [9.17, 15) is 70.2 Å². The van der Waals surface area contributed by atoms with Crippen molar-refractivity contribution in [3.05, 3.63) is 117 Å². The molecule has 2 fully saturated rings. The molecule has 0 unspecified atom stereocenters. The number of carbonyl (C=O) groups is 8. The number of hydrogen-bond acceptors (Lipinski definition) is 25. The van der Waals surface area contributed by atoms with Gasteiger partial charge in [-0.15, -0.1) is 0 Å². The van der Waals surface area contributed by atoms with Gasteiger partial charge in [-0.25, -0.2) is 4.79 Å². The van der Waals surface area contributed by atoms with Gasteiger partial charge in [0.1, 0.15) is 95.5 Å². The number of halogens is 2. The molecule has 0 aromatic heterocycles. The average Bonchev–Trinajstić information content (AvgIpc) is 0.769. The van der Waals surface area contributed by atoms with Gasteiger partial charge in [0.15, 0.2) is 29.9 Å². The Hall–Kier alpha value is -9.49. The molecule has 5 aromatic carbocycles. The van der Waals surface area contributed by atoms with Crippen LogP contribution in [-0.4, -0.2) is 190 Å². The zero-order valence-corrected chi connectivity index (χ0v) is 58.5. The highest BCUT2D eigenvalue weighted by atomic mass is 35.5. The van der Waals surface area contributed by atoms with Crippen LogP contribution in [0.5, 0.6) is 46.0 Å². The minimum absolute atomic E-state index is 0.146. The maximum absolute atomic E-state index is 16.1. The molecule has 5 aromatic rings. The van der Waals surface area contributed by atoms with E-state index >= 15 is 19.2 Å². The summed E-state index contributed by atoms with van der Waals surface area (Å²) in [5, 5.41) is 128. The lowest BCUT2D eigenvalue weighted by Crippen LogP contribution is -2.64. The summed E-state index contributed by atoms with van der Waals surface area (Å²) in [7, 11) is 0. The van der Waals surface area contributed by atoms with Crippen molar-refractivity contribution in [3.63, 3.8) is 0 Å². The van der Waals surface area contributed by atoms with Gasteiger partial charge in [-0.1, -0.05) is 68.6 Å². The average molecular weight is 1500 g/mol. The number of fused-ring (bicyclic) bond motifs is 15. The first-order valence-electron chi connectivity index (χ1n) is 33.5. The number of nitrogens with two attached hydrogens (primary N) is 2. The van der Waals surface area contributed by atoms with E-state index in [1.54, 1.807) is 6.21 Å². The predicted molar refractivity (Wildman–Crippen MR) is 368 cm³/mol. The SMILES string of the molecule is CCCCC=N[C@H](CC(C)C)C(=O)N[C@H]1C(=O)N[C@@H](CC(N)=O)C(=O)N[C@@H]2C(=O)N[C@H]3C(=O)N[C@H](C(=O)N[C@H](C(=O)O)c4cc(O)cc(O)c4-c4cc3ccc4O)[C@H](O)c3ccc(c(Cl)c3)Oc3cc2cc(c3O[C@@H]2O[C@H](CO)[C@@H](O)[C@H](O)[C@H]2O[C@H]2C[C@](C)(N)[C@H](O)[C@H](C)O2)Oc2ccc(cc2Cl)[C@H]1O. The molecule has 0 saturated carbocycles. The second-order valence-corrected chi connectivity index (χ2v) is 27.7. The summed E-state index contributed by atoms with van der Waals surface area (Å²) in [5.41, 5.74) is 8.04. The van der Waals surface area contributed by atoms with Crippen LogP contribution in [0.4, 0.5) is 0 Å². The second-order valence-electron chi connectivity index (χ2n) is 26.9. The number of benzene rings is 5. The molecule has 564 valence electrons. The van der Waals surface area contributed by atoms with Crippen molar-refractivity contribution in [1.82, 2.24) is 31.9 Å². The first-order chi connectivity index (χ1) is 49.7. The van der Waals surface area contributed by atoms with Gasteiger partial charge < -0.3 is 123 Å². The lowest BCUT2D eigenvalue weighted by atomic mass is 9.86. The third-order valence-corrected chi connectivity index (χ3v) is 19.0. The Bertz CT molecular complexity index is 4210. The number of carbonyl (C=O) groups excluding carboxylic acids is 7. The van der Waals surface area contributed by atoms with Crippen LogP contribution in [0.25, 0.3) is 11.1 Å². The number of aliphatic carboxylic acids is 1. The third kappa shape index (κ3) is 17.3. The number of unbranched alkanes of at least 4 members (excludes halogenated alkanes) is 2. The molecule has 20 N–H and O–H groups in total. The Labute approximate surface area is 609 Å². The van der Waals surface area contributed by atoms with Crippen LogP contribution in [0.3, 0.4) is 0 Å². The summed E-state index contributed by atoms with van der Waals surface area (Å²) in [6, 6.07) is -0.877. The zero-order valence-electron chi connectivity index (χ0n) is 57.0. The topological polar surface area (TPSA) is 531 Å². The fraction of sp³-hybridized carbons (Fsp3) is 0.443. The number of aliphatic imine (C=N–C) groups is 1. The molecule has 7 aliphatic heterocycles. The molecule has 11 bridgehead atoms. The maximum atomic E-state index is 16.1. The number of aliphatic hydroxyl groups excluding tert-OH is 6. The fourth-order valence-corrected chi connectivity index (χ4v) is 13.3. The Morgan fingerprint density at radius 3 is 1.96 bits per heavy atom. The van der Waals surface area contributed by atoms with Crippen LogP contribution < -0.4 is 57.6 Å². The van der Waals surface area contributed by atoms with Crippen LogP contribution in [-0.2, 0) is 52.6 Å². The van der Waals surface area contributed by atoms with E-state index in [1.807, 2.05) is 20.8 Å². The molecule has 105 heavy (non-hydrogen) atoms. The quantitative estimate of drug-likeness (QED) is 0.0497. The number of nitrogens with one attached hydrogen (secondary N) is 6. The van der Waals surface area contributed by atoms with Crippen molar-refractivity contribution in [1.29, 1.82) is 0 Å². The van der Waals surface area contributed by atoms with Crippen LogP contribution in [0, 0.1) is 5.92 Å². The maximum Gasteiger partial charge on any atom is 0.330 e. The zero-order chi connectivity index (χ0) is 76.4. The molecule has 18 atom stereocenters. The molecule has 7 heterocycles. The molecule has 7 aliphatic rings. The molecular formula is C70H81Cl2N9O24. The summed E-state index contributed by atoms with van der Waals surface area (Å²) in [6.45, 7) is 7.62. The Morgan fingerprint density at radius 2 is 1.36 bits per heavy atom. The summed E-state index contributed by atoms with van der Waals surface area (Å²) in [4.78, 5) is 122. The van der Waals surface area contributed by atoms with Crippen molar-refractivity contribution in [2.75, 3.05) is 6.61 Å². The monoisotopic (exact) mass is 1500 g/mol. The molecule has 2 saturated heterocycles. The normalized spacial score (nSPS) is 28.8. The van der Waals surface area contributed by atoms with Crippen molar-refractivity contribution in [2.24, 2.45) is 22.4 Å². The van der Waals surface area contributed by atoms with Gasteiger partial charge in [-0.05, 0) is 122 Å². The Balaban J connectivity index is 1.23. The summed E-state index contributed by atoms with van der Waals surface area (Å²) in [5.74, 6) is -16.1. The van der Waals surface area contributed by atoms with Gasteiger partial charge in [0, 0.05) is 34.7 Å². The van der Waals surface area contributed by atoms with Gasteiger partial charge in [0.2, 0.25) is 53.4 Å². The van der Waals surface area contributed by atoms with Crippen molar-refractivity contribution >= 4 is 76.7 Å². The summed E-state index contributed by atoms with van der Waals surface area (Å²) < 4.78 is 38.4. The van der Waals surface area contributed by atoms with Crippen LogP contribution in [0.1, 0.15) is 131 Å². The van der Waals surface area contributed by atoms with Crippen LogP contribution >= 0.6 is 23.2 Å². The highest BCUT2D eigenvalue weighted by molar-refractivity contribution is 6.32. The summed E-state index contributed by atoms with van der Waals surface area (Å²) >= 11 is 14.2. The van der Waals surface area contributed by atoms with Gasteiger partial charge in [0.05, 0.1) is 35.3 Å². The number of aromatic hydroxyl groups is 3. The first-order valence-corrected chi connectivity index (χ1v) is 34.2. The molecule has 7 amide bonds. The van der Waals surface area contributed by atoms with Crippen LogP contribution in [0.2, 0.25) is 10.0 Å². The number of phenolic OH excluding ortho intramolecular Hbond substituents is 3. The number of nitrogens with zero attached hydrogens (tertiary/aromatic N) is 1. The van der Waals surface area contributed by atoms with Gasteiger partial charge in [-0.3, -0.25) is 38.6 Å². The number of carboxylic acids is 1. The van der Waals surface area contributed by atoms with E-state index in [1.165, 1.54) is 26.0 Å². The number of rotatable bonds is 16.